The van der Waals surface area contributed by atoms with Crippen molar-refractivity contribution in [2.24, 2.45) is 4.99 Å². The molecule has 2 aromatic carbocycles. The number of nitrogens with one attached hydrogen (secondary N) is 2. The maximum atomic E-state index is 12.3. The van der Waals surface area contributed by atoms with Gasteiger partial charge in [0.15, 0.2) is 5.96 Å². The summed E-state index contributed by atoms with van der Waals surface area (Å²) in [6.45, 7) is 5.34. The van der Waals surface area contributed by atoms with Gasteiger partial charge in [0.2, 0.25) is 10.0 Å². The maximum absolute atomic E-state index is 12.3. The summed E-state index contributed by atoms with van der Waals surface area (Å²) in [5.41, 5.74) is 1.36. The first-order chi connectivity index (χ1) is 13.6. The second-order valence-corrected chi connectivity index (χ2v) is 8.56. The van der Waals surface area contributed by atoms with Crippen LogP contribution in [0, 0.1) is 0 Å². The van der Waals surface area contributed by atoms with E-state index < -0.39 is 10.0 Å². The highest BCUT2D eigenvalue weighted by Gasteiger charge is 2.25. The Kier molecular flexibility index (Phi) is 9.38. The third-order valence-electron chi connectivity index (χ3n) is 4.81. The third kappa shape index (κ3) is 6.68. The molecule has 1 fully saturated rings. The van der Waals surface area contributed by atoms with Crippen LogP contribution >= 0.6 is 24.0 Å². The fourth-order valence-corrected chi connectivity index (χ4v) is 4.44. The predicted octanol–water partition coefficient (Wildman–Crippen LogP) is 3.04. The standard InChI is InChI=1S/C21H28N4O2S.HI/c1-2-22-21(25-16-13-19(17-25)18-9-5-3-6-10-18)23-14-15-24-28(26,27)20-11-7-4-8-12-20;/h3-12,19,24H,2,13-17H2,1H3,(H,22,23);1H. The average Bonchev–Trinajstić information content (AvgIpc) is 3.22. The second kappa shape index (κ2) is 11.5. The number of benzene rings is 2. The van der Waals surface area contributed by atoms with Gasteiger partial charge in [0.25, 0.3) is 0 Å². The van der Waals surface area contributed by atoms with Gasteiger partial charge in [-0.1, -0.05) is 48.5 Å². The van der Waals surface area contributed by atoms with Gasteiger partial charge in [0.05, 0.1) is 11.4 Å². The maximum Gasteiger partial charge on any atom is 0.240 e. The first kappa shape index (κ1) is 23.6. The summed E-state index contributed by atoms with van der Waals surface area (Å²) in [4.78, 5) is 7.16. The highest BCUT2D eigenvalue weighted by atomic mass is 127. The van der Waals surface area contributed by atoms with Crippen LogP contribution in [0.15, 0.2) is 70.6 Å². The number of hydrogen-bond donors (Lipinski definition) is 2. The number of sulfonamides is 1. The number of hydrogen-bond acceptors (Lipinski definition) is 3. The van der Waals surface area contributed by atoms with E-state index in [0.717, 1.165) is 32.0 Å². The molecule has 0 aliphatic carbocycles. The largest absolute Gasteiger partial charge is 0.357 e. The lowest BCUT2D eigenvalue weighted by atomic mass is 9.99. The Morgan fingerprint density at radius 1 is 1.10 bits per heavy atom. The second-order valence-electron chi connectivity index (χ2n) is 6.79. The molecule has 0 saturated carbocycles. The summed E-state index contributed by atoms with van der Waals surface area (Å²) >= 11 is 0. The van der Waals surface area contributed by atoms with E-state index in [0.29, 0.717) is 12.5 Å². The lowest BCUT2D eigenvalue weighted by Crippen LogP contribution is -2.40. The molecule has 2 aromatic rings. The number of nitrogens with zero attached hydrogens (tertiary/aromatic N) is 2. The molecule has 158 valence electrons. The van der Waals surface area contributed by atoms with Gasteiger partial charge in [-0.05, 0) is 31.0 Å². The monoisotopic (exact) mass is 528 g/mol. The third-order valence-corrected chi connectivity index (χ3v) is 6.29. The minimum Gasteiger partial charge on any atom is -0.357 e. The van der Waals surface area contributed by atoms with Crippen molar-refractivity contribution in [3.05, 3.63) is 66.2 Å². The normalized spacial score (nSPS) is 17.1. The van der Waals surface area contributed by atoms with E-state index in [4.69, 9.17) is 0 Å². The Morgan fingerprint density at radius 2 is 1.76 bits per heavy atom. The van der Waals surface area contributed by atoms with Crippen LogP contribution in [0.2, 0.25) is 0 Å². The molecule has 29 heavy (non-hydrogen) atoms. The molecule has 1 unspecified atom stereocenters. The van der Waals surface area contributed by atoms with Crippen LogP contribution in [0.3, 0.4) is 0 Å². The molecule has 1 aliphatic rings. The Labute approximate surface area is 190 Å². The van der Waals surface area contributed by atoms with E-state index in [-0.39, 0.29) is 35.4 Å². The molecule has 0 spiro atoms. The predicted molar refractivity (Wildman–Crippen MR) is 128 cm³/mol. The minimum absolute atomic E-state index is 0. The fourth-order valence-electron chi connectivity index (χ4n) is 3.40. The quantitative estimate of drug-likeness (QED) is 0.251. The highest BCUT2D eigenvalue weighted by molar-refractivity contribution is 14.0. The summed E-state index contributed by atoms with van der Waals surface area (Å²) in [5.74, 6) is 1.35. The van der Waals surface area contributed by atoms with Crippen LogP contribution in [0.5, 0.6) is 0 Å². The van der Waals surface area contributed by atoms with E-state index >= 15 is 0 Å². The van der Waals surface area contributed by atoms with Gasteiger partial charge in [0, 0.05) is 32.1 Å². The van der Waals surface area contributed by atoms with E-state index in [2.05, 4.69) is 44.2 Å². The van der Waals surface area contributed by atoms with Crippen LogP contribution in [0.1, 0.15) is 24.8 Å². The fraction of sp³-hybridized carbons (Fsp3) is 0.381. The molecule has 1 aliphatic heterocycles. The van der Waals surface area contributed by atoms with Crippen LogP contribution in [0.25, 0.3) is 0 Å². The van der Waals surface area contributed by atoms with E-state index in [1.807, 2.05) is 13.0 Å². The van der Waals surface area contributed by atoms with Crippen molar-refractivity contribution in [2.45, 2.75) is 24.2 Å². The van der Waals surface area contributed by atoms with Gasteiger partial charge in [0.1, 0.15) is 0 Å². The summed E-state index contributed by atoms with van der Waals surface area (Å²) < 4.78 is 27.2. The number of likely N-dealkylation sites (tertiary alicyclic amines) is 1. The summed E-state index contributed by atoms with van der Waals surface area (Å²) in [7, 11) is -3.49. The van der Waals surface area contributed by atoms with Crippen molar-refractivity contribution in [3.63, 3.8) is 0 Å². The highest BCUT2D eigenvalue weighted by Crippen LogP contribution is 2.26. The van der Waals surface area contributed by atoms with Gasteiger partial charge < -0.3 is 10.2 Å². The zero-order valence-corrected chi connectivity index (χ0v) is 19.8. The first-order valence-electron chi connectivity index (χ1n) is 9.73. The summed E-state index contributed by atoms with van der Waals surface area (Å²) in [6, 6.07) is 19.0. The summed E-state index contributed by atoms with van der Waals surface area (Å²) in [5, 5.41) is 3.32. The SMILES string of the molecule is CCNC(=NCCNS(=O)(=O)c1ccccc1)N1CCC(c2ccccc2)C1.I. The van der Waals surface area contributed by atoms with Crippen molar-refractivity contribution in [1.82, 2.24) is 14.9 Å². The number of aliphatic imine (C=N–C) groups is 1. The van der Waals surface area contributed by atoms with Crippen LogP contribution in [-0.2, 0) is 10.0 Å². The Hall–Kier alpha value is -1.65. The van der Waals surface area contributed by atoms with E-state index in [1.54, 1.807) is 30.3 Å². The molecule has 3 rings (SSSR count). The zero-order chi connectivity index (χ0) is 19.8. The number of guanidine groups is 1. The van der Waals surface area contributed by atoms with Gasteiger partial charge in [-0.25, -0.2) is 13.1 Å². The molecular formula is C21H29IN4O2S. The molecule has 0 aromatic heterocycles. The van der Waals surface area contributed by atoms with Crippen molar-refractivity contribution in [2.75, 3.05) is 32.7 Å². The van der Waals surface area contributed by atoms with Crippen molar-refractivity contribution < 1.29 is 8.42 Å². The first-order valence-corrected chi connectivity index (χ1v) is 11.2. The van der Waals surface area contributed by atoms with Crippen molar-refractivity contribution in [3.8, 4) is 0 Å². The zero-order valence-electron chi connectivity index (χ0n) is 16.6. The minimum atomic E-state index is -3.49. The molecule has 8 heteroatoms. The van der Waals surface area contributed by atoms with Crippen LogP contribution in [0.4, 0.5) is 0 Å². The van der Waals surface area contributed by atoms with Gasteiger partial charge in [-0.15, -0.1) is 24.0 Å². The molecule has 0 bridgehead atoms. The molecule has 0 radical (unpaired) electrons. The molecule has 1 atom stereocenters. The van der Waals surface area contributed by atoms with Gasteiger partial charge in [-0.2, -0.15) is 0 Å². The average molecular weight is 528 g/mol. The van der Waals surface area contributed by atoms with E-state index in [1.165, 1.54) is 5.56 Å². The number of rotatable bonds is 7. The Balaban J connectivity index is 0.00000300. The topological polar surface area (TPSA) is 73.8 Å². The van der Waals surface area contributed by atoms with E-state index in [9.17, 15) is 8.42 Å². The Bertz CT molecular complexity index is 876. The molecule has 1 saturated heterocycles. The molecule has 6 nitrogen and oxygen atoms in total. The van der Waals surface area contributed by atoms with Gasteiger partial charge in [-0.3, -0.25) is 4.99 Å². The lowest BCUT2D eigenvalue weighted by Gasteiger charge is -2.21. The Morgan fingerprint density at radius 3 is 2.41 bits per heavy atom. The lowest BCUT2D eigenvalue weighted by molar-refractivity contribution is 0.486. The smallest absolute Gasteiger partial charge is 0.240 e. The van der Waals surface area contributed by atoms with Gasteiger partial charge >= 0.3 is 0 Å². The molecule has 2 N–H and O–H groups in total. The molecule has 1 heterocycles. The number of halogens is 1. The molecule has 0 amide bonds. The van der Waals surface area contributed by atoms with Crippen LogP contribution < -0.4 is 10.0 Å². The van der Waals surface area contributed by atoms with Crippen molar-refractivity contribution in [1.29, 1.82) is 0 Å². The summed E-state index contributed by atoms with van der Waals surface area (Å²) in [6.07, 6.45) is 1.09. The van der Waals surface area contributed by atoms with Crippen molar-refractivity contribution >= 4 is 40.0 Å². The molecular weight excluding hydrogens is 499 g/mol. The van der Waals surface area contributed by atoms with Crippen LogP contribution in [-0.4, -0.2) is 52.0 Å².